The molecule has 0 fully saturated rings. The third-order valence-electron chi connectivity index (χ3n) is 2.51. The number of rotatable bonds is 1. The lowest BCUT2D eigenvalue weighted by Crippen LogP contribution is -2.37. The first-order valence-electron chi connectivity index (χ1n) is 4.97. The molecule has 0 aliphatic rings. The molecule has 0 saturated carbocycles. The van der Waals surface area contributed by atoms with Crippen LogP contribution in [-0.4, -0.2) is 8.07 Å². The molecule has 1 aromatic heterocycles. The van der Waals surface area contributed by atoms with Gasteiger partial charge in [0.2, 0.25) is 0 Å². The van der Waals surface area contributed by atoms with Crippen LogP contribution in [0.25, 0.3) is 10.1 Å². The van der Waals surface area contributed by atoms with E-state index >= 15 is 0 Å². The van der Waals surface area contributed by atoms with Crippen molar-refractivity contribution in [1.82, 2.24) is 0 Å². The third kappa shape index (κ3) is 1.77. The van der Waals surface area contributed by atoms with Gasteiger partial charge in [0.25, 0.3) is 0 Å². The van der Waals surface area contributed by atoms with Crippen LogP contribution in [0, 0.1) is 6.92 Å². The maximum atomic E-state index is 2.40. The van der Waals surface area contributed by atoms with Crippen LogP contribution in [0.1, 0.15) is 4.88 Å². The summed E-state index contributed by atoms with van der Waals surface area (Å²) in [4.78, 5) is 1.41. The molecule has 0 aliphatic carbocycles. The summed E-state index contributed by atoms with van der Waals surface area (Å²) < 4.78 is 1.45. The molecule has 0 nitrogen and oxygen atoms in total. The van der Waals surface area contributed by atoms with Crippen molar-refractivity contribution in [2.75, 3.05) is 0 Å². The summed E-state index contributed by atoms with van der Waals surface area (Å²) in [6.07, 6.45) is 0. The largest absolute Gasteiger partial charge is 0.141 e. The molecule has 2 rings (SSSR count). The topological polar surface area (TPSA) is 0 Å². The van der Waals surface area contributed by atoms with Gasteiger partial charge in [-0.05, 0) is 24.4 Å². The summed E-state index contributed by atoms with van der Waals surface area (Å²) in [6, 6.07) is 9.24. The van der Waals surface area contributed by atoms with Crippen molar-refractivity contribution in [3.63, 3.8) is 0 Å². The molecule has 2 aromatic rings. The SMILES string of the molecule is Cc1cc2ccc([Si](C)(C)C)cc2s1. The predicted octanol–water partition coefficient (Wildman–Crippen LogP) is 3.75. The molecule has 0 radical (unpaired) electrons. The second-order valence-electron chi connectivity index (χ2n) is 4.86. The fraction of sp³-hybridized carbons (Fsp3) is 0.333. The Labute approximate surface area is 90.6 Å². The molecule has 0 aliphatic heterocycles. The standard InChI is InChI=1S/C12H16SSi/c1-9-7-10-5-6-11(14(2,3)4)8-12(10)13-9/h5-8H,1-4H3. The van der Waals surface area contributed by atoms with Gasteiger partial charge in [0.15, 0.2) is 0 Å². The average Bonchev–Trinajstić information content (AvgIpc) is 2.41. The summed E-state index contributed by atoms with van der Waals surface area (Å²) >= 11 is 1.90. The highest BCUT2D eigenvalue weighted by Gasteiger charge is 2.16. The van der Waals surface area contributed by atoms with Crippen molar-refractivity contribution in [1.29, 1.82) is 0 Å². The lowest BCUT2D eigenvalue weighted by atomic mass is 10.2. The first-order chi connectivity index (χ1) is 6.47. The van der Waals surface area contributed by atoms with Gasteiger partial charge in [-0.3, -0.25) is 0 Å². The van der Waals surface area contributed by atoms with Gasteiger partial charge in [0, 0.05) is 9.58 Å². The second kappa shape index (κ2) is 3.21. The van der Waals surface area contributed by atoms with Gasteiger partial charge in [-0.1, -0.05) is 37.0 Å². The van der Waals surface area contributed by atoms with E-state index in [1.165, 1.54) is 15.0 Å². The van der Waals surface area contributed by atoms with Crippen LogP contribution in [0.3, 0.4) is 0 Å². The molecule has 0 unspecified atom stereocenters. The van der Waals surface area contributed by atoms with Gasteiger partial charge >= 0.3 is 0 Å². The van der Waals surface area contributed by atoms with Gasteiger partial charge < -0.3 is 0 Å². The van der Waals surface area contributed by atoms with E-state index in [4.69, 9.17) is 0 Å². The van der Waals surface area contributed by atoms with Crippen molar-refractivity contribution in [3.05, 3.63) is 29.1 Å². The molecular formula is C12H16SSi. The summed E-state index contributed by atoms with van der Waals surface area (Å²) in [5, 5.41) is 2.96. The van der Waals surface area contributed by atoms with E-state index in [1.54, 1.807) is 5.19 Å². The highest BCUT2D eigenvalue weighted by Crippen LogP contribution is 2.24. The molecule has 14 heavy (non-hydrogen) atoms. The highest BCUT2D eigenvalue weighted by molar-refractivity contribution is 7.19. The Morgan fingerprint density at radius 3 is 2.43 bits per heavy atom. The molecule has 2 heteroatoms. The van der Waals surface area contributed by atoms with Gasteiger partial charge in [0.1, 0.15) is 0 Å². The van der Waals surface area contributed by atoms with Crippen LogP contribution < -0.4 is 5.19 Å². The summed E-state index contributed by atoms with van der Waals surface area (Å²) in [5.74, 6) is 0. The zero-order valence-electron chi connectivity index (χ0n) is 9.22. The first-order valence-corrected chi connectivity index (χ1v) is 9.29. The zero-order valence-corrected chi connectivity index (χ0v) is 11.0. The quantitative estimate of drug-likeness (QED) is 0.642. The van der Waals surface area contributed by atoms with E-state index in [-0.39, 0.29) is 0 Å². The zero-order chi connectivity index (χ0) is 10.3. The minimum absolute atomic E-state index is 1.13. The van der Waals surface area contributed by atoms with Gasteiger partial charge in [-0.2, -0.15) is 0 Å². The molecule has 0 spiro atoms. The van der Waals surface area contributed by atoms with Crippen LogP contribution in [-0.2, 0) is 0 Å². The lowest BCUT2D eigenvalue weighted by Gasteiger charge is -2.16. The number of thiophene rings is 1. The van der Waals surface area contributed by atoms with Crippen LogP contribution in [0.15, 0.2) is 24.3 Å². The minimum Gasteiger partial charge on any atom is -0.141 e. The monoisotopic (exact) mass is 220 g/mol. The molecule has 0 saturated heterocycles. The van der Waals surface area contributed by atoms with E-state index in [9.17, 15) is 0 Å². The summed E-state index contributed by atoms with van der Waals surface area (Å²) in [5.41, 5.74) is 0. The maximum Gasteiger partial charge on any atom is 0.0776 e. The fourth-order valence-electron chi connectivity index (χ4n) is 1.63. The lowest BCUT2D eigenvalue weighted by molar-refractivity contribution is 1.65. The van der Waals surface area contributed by atoms with E-state index in [0.717, 1.165) is 0 Å². The van der Waals surface area contributed by atoms with E-state index in [0.29, 0.717) is 0 Å². The van der Waals surface area contributed by atoms with Gasteiger partial charge in [-0.15, -0.1) is 11.3 Å². The van der Waals surface area contributed by atoms with Crippen LogP contribution >= 0.6 is 11.3 Å². The molecule has 0 atom stereocenters. The maximum absolute atomic E-state index is 2.40. The molecule has 74 valence electrons. The molecular weight excluding hydrogens is 204 g/mol. The second-order valence-corrected chi connectivity index (χ2v) is 11.2. The van der Waals surface area contributed by atoms with Crippen LogP contribution in [0.5, 0.6) is 0 Å². The number of benzene rings is 1. The molecule has 0 amide bonds. The first kappa shape index (κ1) is 9.93. The smallest absolute Gasteiger partial charge is 0.0776 e. The van der Waals surface area contributed by atoms with Crippen molar-refractivity contribution in [2.45, 2.75) is 26.6 Å². The highest BCUT2D eigenvalue weighted by atomic mass is 32.1. The van der Waals surface area contributed by atoms with E-state index in [2.05, 4.69) is 50.8 Å². The average molecular weight is 220 g/mol. The number of fused-ring (bicyclic) bond motifs is 1. The van der Waals surface area contributed by atoms with Crippen molar-refractivity contribution in [3.8, 4) is 0 Å². The van der Waals surface area contributed by atoms with Crippen LogP contribution in [0.2, 0.25) is 19.6 Å². The molecule has 1 heterocycles. The Morgan fingerprint density at radius 2 is 1.79 bits per heavy atom. The van der Waals surface area contributed by atoms with E-state index < -0.39 is 8.07 Å². The fourth-order valence-corrected chi connectivity index (χ4v) is 3.86. The van der Waals surface area contributed by atoms with Crippen molar-refractivity contribution >= 4 is 34.7 Å². The molecule has 1 aromatic carbocycles. The predicted molar refractivity (Wildman–Crippen MR) is 69.5 cm³/mol. The Bertz CT molecular complexity index is 463. The summed E-state index contributed by atoms with van der Waals surface area (Å²) in [6.45, 7) is 9.37. The summed E-state index contributed by atoms with van der Waals surface area (Å²) in [7, 11) is -1.13. The Balaban J connectivity index is 2.62. The molecule has 0 bridgehead atoms. The number of aryl methyl sites for hydroxylation is 1. The van der Waals surface area contributed by atoms with Gasteiger partial charge in [-0.25, -0.2) is 0 Å². The Hall–Kier alpha value is -0.603. The van der Waals surface area contributed by atoms with Crippen molar-refractivity contribution in [2.24, 2.45) is 0 Å². The minimum atomic E-state index is -1.13. The normalized spacial score (nSPS) is 12.3. The number of hydrogen-bond donors (Lipinski definition) is 0. The molecule has 0 N–H and O–H groups in total. The van der Waals surface area contributed by atoms with E-state index in [1.807, 2.05) is 11.3 Å². The Morgan fingerprint density at radius 1 is 1.07 bits per heavy atom. The number of hydrogen-bond acceptors (Lipinski definition) is 1. The van der Waals surface area contributed by atoms with Crippen molar-refractivity contribution < 1.29 is 0 Å². The third-order valence-corrected chi connectivity index (χ3v) is 5.57. The Kier molecular flexibility index (Phi) is 2.28. The van der Waals surface area contributed by atoms with Gasteiger partial charge in [0.05, 0.1) is 8.07 Å². The van der Waals surface area contributed by atoms with Crippen LogP contribution in [0.4, 0.5) is 0 Å².